The highest BCUT2D eigenvalue weighted by Crippen LogP contribution is 2.17. The molecule has 2 rings (SSSR count). The molecule has 0 saturated carbocycles. The molecule has 1 aliphatic rings. The quantitative estimate of drug-likeness (QED) is 0.821. The smallest absolute Gasteiger partial charge is 0.234 e. The number of nitrogens with one attached hydrogen (secondary N) is 1. The first kappa shape index (κ1) is 18.3. The number of primary amides is 1. The van der Waals surface area contributed by atoms with Crippen LogP contribution in [0.4, 0.5) is 8.78 Å². The number of hydrogen-bond donors (Lipinski definition) is 2. The fraction of sp³-hybridized carbons (Fsp3) is 0.529. The highest BCUT2D eigenvalue weighted by atomic mass is 19.1. The lowest BCUT2D eigenvalue weighted by atomic mass is 10.0. The monoisotopic (exact) mass is 339 g/mol. The lowest BCUT2D eigenvalue weighted by molar-refractivity contribution is -0.128. The van der Waals surface area contributed by atoms with Gasteiger partial charge in [0.1, 0.15) is 11.6 Å². The van der Waals surface area contributed by atoms with Crippen molar-refractivity contribution in [2.75, 3.05) is 13.1 Å². The van der Waals surface area contributed by atoms with Gasteiger partial charge in [-0.05, 0) is 44.9 Å². The SMILES string of the molecule is CC(Cc1c(F)cccc1F)NC(=O)CN1CCCCC1C(N)=O. The van der Waals surface area contributed by atoms with Gasteiger partial charge in [0.2, 0.25) is 11.8 Å². The third kappa shape index (κ3) is 4.74. The minimum Gasteiger partial charge on any atom is -0.368 e. The fourth-order valence-electron chi connectivity index (χ4n) is 3.09. The summed E-state index contributed by atoms with van der Waals surface area (Å²) in [6.07, 6.45) is 2.53. The predicted molar refractivity (Wildman–Crippen MR) is 86.1 cm³/mol. The summed E-state index contributed by atoms with van der Waals surface area (Å²) in [5.41, 5.74) is 5.33. The lowest BCUT2D eigenvalue weighted by Gasteiger charge is -2.33. The molecular formula is C17H23F2N3O2. The van der Waals surface area contributed by atoms with E-state index in [0.29, 0.717) is 13.0 Å². The Morgan fingerprint density at radius 2 is 2.00 bits per heavy atom. The van der Waals surface area contributed by atoms with Crippen LogP contribution in [0, 0.1) is 11.6 Å². The Morgan fingerprint density at radius 3 is 2.62 bits per heavy atom. The highest BCUT2D eigenvalue weighted by Gasteiger charge is 2.28. The first-order chi connectivity index (χ1) is 11.4. The fourth-order valence-corrected chi connectivity index (χ4v) is 3.09. The predicted octanol–water partition coefficient (Wildman–Crippen LogP) is 1.35. The summed E-state index contributed by atoms with van der Waals surface area (Å²) < 4.78 is 27.3. The van der Waals surface area contributed by atoms with Crippen molar-refractivity contribution in [1.82, 2.24) is 10.2 Å². The molecule has 1 heterocycles. The standard InChI is InChI=1S/C17H23F2N3O2/c1-11(9-12-13(18)5-4-6-14(12)19)21-16(23)10-22-8-3-2-7-15(22)17(20)24/h4-6,11,15H,2-3,7-10H2,1H3,(H2,20,24)(H,21,23). The summed E-state index contributed by atoms with van der Waals surface area (Å²) >= 11 is 0. The Morgan fingerprint density at radius 1 is 1.33 bits per heavy atom. The zero-order valence-corrected chi connectivity index (χ0v) is 13.7. The number of carbonyl (C=O) groups excluding carboxylic acids is 2. The number of hydrogen-bond acceptors (Lipinski definition) is 3. The van der Waals surface area contributed by atoms with Crippen LogP contribution in [-0.2, 0) is 16.0 Å². The van der Waals surface area contributed by atoms with Gasteiger partial charge in [0.15, 0.2) is 0 Å². The van der Waals surface area contributed by atoms with E-state index in [-0.39, 0.29) is 24.4 Å². The van der Waals surface area contributed by atoms with Crippen molar-refractivity contribution < 1.29 is 18.4 Å². The van der Waals surface area contributed by atoms with Crippen LogP contribution >= 0.6 is 0 Å². The second-order valence-corrected chi connectivity index (χ2v) is 6.26. The summed E-state index contributed by atoms with van der Waals surface area (Å²) in [6.45, 7) is 2.38. The number of rotatable bonds is 6. The molecule has 2 unspecified atom stereocenters. The summed E-state index contributed by atoms with van der Waals surface area (Å²) in [5, 5.41) is 2.72. The minimum absolute atomic E-state index is 0.0433. The maximum Gasteiger partial charge on any atom is 0.234 e. The highest BCUT2D eigenvalue weighted by molar-refractivity contribution is 5.82. The van der Waals surface area contributed by atoms with Crippen LogP contribution in [0.3, 0.4) is 0 Å². The van der Waals surface area contributed by atoms with Crippen molar-refractivity contribution in [3.8, 4) is 0 Å². The summed E-state index contributed by atoms with van der Waals surface area (Å²) in [5.74, 6) is -1.96. The van der Waals surface area contributed by atoms with Crippen LogP contribution in [-0.4, -0.2) is 41.9 Å². The van der Waals surface area contributed by atoms with E-state index < -0.39 is 29.6 Å². The van der Waals surface area contributed by atoms with E-state index in [1.54, 1.807) is 11.8 Å². The van der Waals surface area contributed by atoms with E-state index in [1.165, 1.54) is 18.2 Å². The Balaban J connectivity index is 1.90. The maximum atomic E-state index is 13.6. The van der Waals surface area contributed by atoms with Crippen LogP contribution in [0.1, 0.15) is 31.7 Å². The van der Waals surface area contributed by atoms with E-state index in [1.807, 2.05) is 0 Å². The van der Waals surface area contributed by atoms with Crippen molar-refractivity contribution in [2.24, 2.45) is 5.73 Å². The van der Waals surface area contributed by atoms with Gasteiger partial charge in [-0.25, -0.2) is 8.78 Å². The molecule has 2 amide bonds. The third-order valence-corrected chi connectivity index (χ3v) is 4.27. The first-order valence-electron chi connectivity index (χ1n) is 8.14. The van der Waals surface area contributed by atoms with Crippen LogP contribution in [0.25, 0.3) is 0 Å². The third-order valence-electron chi connectivity index (χ3n) is 4.27. The zero-order valence-electron chi connectivity index (χ0n) is 13.7. The molecule has 1 aromatic rings. The molecule has 5 nitrogen and oxygen atoms in total. The molecule has 3 N–H and O–H groups in total. The van der Waals surface area contributed by atoms with Crippen molar-refractivity contribution in [3.63, 3.8) is 0 Å². The molecule has 1 saturated heterocycles. The second kappa shape index (κ2) is 8.19. The Bertz CT molecular complexity index is 589. The topological polar surface area (TPSA) is 75.4 Å². The largest absolute Gasteiger partial charge is 0.368 e. The molecule has 1 aromatic carbocycles. The average Bonchev–Trinajstić information content (AvgIpc) is 2.51. The van der Waals surface area contributed by atoms with E-state index in [9.17, 15) is 18.4 Å². The molecule has 7 heteroatoms. The van der Waals surface area contributed by atoms with Gasteiger partial charge in [0.25, 0.3) is 0 Å². The van der Waals surface area contributed by atoms with Crippen molar-refractivity contribution in [3.05, 3.63) is 35.4 Å². The van der Waals surface area contributed by atoms with Gasteiger partial charge in [-0.1, -0.05) is 12.5 Å². The molecule has 0 aliphatic carbocycles. The molecule has 0 spiro atoms. The summed E-state index contributed by atoms with van der Waals surface area (Å²) in [6, 6.07) is 2.83. The number of nitrogens with zero attached hydrogens (tertiary/aromatic N) is 1. The van der Waals surface area contributed by atoms with Crippen LogP contribution in [0.5, 0.6) is 0 Å². The number of amides is 2. The molecular weight excluding hydrogens is 316 g/mol. The first-order valence-corrected chi connectivity index (χ1v) is 8.14. The van der Waals surface area contributed by atoms with E-state index in [4.69, 9.17) is 5.73 Å². The average molecular weight is 339 g/mol. The Hall–Kier alpha value is -2.02. The Kier molecular flexibility index (Phi) is 6.25. The molecule has 0 aromatic heterocycles. The van der Waals surface area contributed by atoms with E-state index >= 15 is 0 Å². The molecule has 24 heavy (non-hydrogen) atoms. The molecule has 2 atom stereocenters. The number of piperidine rings is 1. The van der Waals surface area contributed by atoms with Gasteiger partial charge in [0, 0.05) is 11.6 Å². The summed E-state index contributed by atoms with van der Waals surface area (Å²) in [7, 11) is 0. The lowest BCUT2D eigenvalue weighted by Crippen LogP contribution is -2.52. The molecule has 132 valence electrons. The zero-order chi connectivity index (χ0) is 17.7. The number of nitrogens with two attached hydrogens (primary N) is 1. The van der Waals surface area contributed by atoms with Crippen molar-refractivity contribution in [2.45, 2.75) is 44.7 Å². The van der Waals surface area contributed by atoms with Crippen LogP contribution in [0.15, 0.2) is 18.2 Å². The van der Waals surface area contributed by atoms with Gasteiger partial charge in [-0.2, -0.15) is 0 Å². The number of carbonyl (C=O) groups is 2. The van der Waals surface area contributed by atoms with Gasteiger partial charge in [-0.15, -0.1) is 0 Å². The van der Waals surface area contributed by atoms with Gasteiger partial charge < -0.3 is 11.1 Å². The van der Waals surface area contributed by atoms with Crippen molar-refractivity contribution >= 4 is 11.8 Å². The maximum absolute atomic E-state index is 13.6. The normalized spacial score (nSPS) is 19.7. The van der Waals surface area contributed by atoms with Crippen molar-refractivity contribution in [1.29, 1.82) is 0 Å². The Labute approximate surface area is 140 Å². The molecule has 0 radical (unpaired) electrons. The van der Waals surface area contributed by atoms with Gasteiger partial charge >= 0.3 is 0 Å². The van der Waals surface area contributed by atoms with E-state index in [0.717, 1.165) is 12.8 Å². The van der Waals surface area contributed by atoms with Crippen LogP contribution < -0.4 is 11.1 Å². The van der Waals surface area contributed by atoms with Crippen LogP contribution in [0.2, 0.25) is 0 Å². The van der Waals surface area contributed by atoms with Gasteiger partial charge in [0.05, 0.1) is 12.6 Å². The number of halogens is 2. The molecule has 1 aliphatic heterocycles. The minimum atomic E-state index is -0.624. The second-order valence-electron chi connectivity index (χ2n) is 6.26. The summed E-state index contributed by atoms with van der Waals surface area (Å²) in [4.78, 5) is 25.4. The number of benzene rings is 1. The molecule has 1 fully saturated rings. The molecule has 0 bridgehead atoms. The number of likely N-dealkylation sites (tertiary alicyclic amines) is 1. The van der Waals surface area contributed by atoms with Gasteiger partial charge in [-0.3, -0.25) is 14.5 Å². The van der Waals surface area contributed by atoms with E-state index in [2.05, 4.69) is 5.32 Å².